The number of hydrogen-bond donors (Lipinski definition) is 0. The lowest BCUT2D eigenvalue weighted by molar-refractivity contribution is 0.466. The van der Waals surface area contributed by atoms with E-state index in [-0.39, 0.29) is 0 Å². The maximum absolute atomic E-state index is 5.86. The van der Waals surface area contributed by atoms with Gasteiger partial charge in [0, 0.05) is 29.7 Å². The van der Waals surface area contributed by atoms with Crippen LogP contribution in [0.5, 0.6) is 0 Å². The summed E-state index contributed by atoms with van der Waals surface area (Å²) >= 11 is 1.75. The van der Waals surface area contributed by atoms with E-state index in [1.54, 1.807) is 11.3 Å². The summed E-state index contributed by atoms with van der Waals surface area (Å²) in [5.74, 6) is 2.10. The maximum Gasteiger partial charge on any atom is 0.191 e. The predicted molar refractivity (Wildman–Crippen MR) is 90.3 cm³/mol. The molecule has 1 aliphatic rings. The second-order valence-electron chi connectivity index (χ2n) is 5.78. The number of nitrogens with zero attached hydrogens (tertiary/aromatic N) is 1. The minimum atomic E-state index is 0.345. The molecule has 3 heteroatoms. The summed E-state index contributed by atoms with van der Waals surface area (Å²) in [6.07, 6.45) is 3.23. The highest BCUT2D eigenvalue weighted by molar-refractivity contribution is 7.11. The topological polar surface area (TPSA) is 26.0 Å². The fourth-order valence-electron chi connectivity index (χ4n) is 3.02. The quantitative estimate of drug-likeness (QED) is 0.656. The van der Waals surface area contributed by atoms with E-state index in [0.29, 0.717) is 5.92 Å². The third-order valence-electron chi connectivity index (χ3n) is 4.12. The van der Waals surface area contributed by atoms with Crippen LogP contribution < -0.4 is 0 Å². The molecule has 0 saturated carbocycles. The van der Waals surface area contributed by atoms with Crippen LogP contribution in [0.3, 0.4) is 0 Å². The van der Waals surface area contributed by atoms with Crippen LogP contribution in [0.1, 0.15) is 39.3 Å². The molecule has 0 bridgehead atoms. The Kier molecular flexibility index (Phi) is 3.23. The van der Waals surface area contributed by atoms with Crippen LogP contribution in [0.4, 0.5) is 0 Å². The Labute approximate surface area is 134 Å². The number of rotatable bonds is 2. The zero-order chi connectivity index (χ0) is 15.1. The lowest BCUT2D eigenvalue weighted by atomic mass is 9.86. The third-order valence-corrected chi connectivity index (χ3v) is 5.03. The van der Waals surface area contributed by atoms with E-state index in [0.717, 1.165) is 23.8 Å². The SMILES string of the molecule is Cc1ccc(C2C=C(c3cccs3)c3nc(C)oc3C2)cc1. The van der Waals surface area contributed by atoms with Gasteiger partial charge in [0.25, 0.3) is 0 Å². The number of thiophene rings is 1. The van der Waals surface area contributed by atoms with Gasteiger partial charge in [-0.2, -0.15) is 0 Å². The van der Waals surface area contributed by atoms with Crippen LogP contribution in [-0.2, 0) is 6.42 Å². The first-order valence-electron chi connectivity index (χ1n) is 7.49. The summed E-state index contributed by atoms with van der Waals surface area (Å²) in [5.41, 5.74) is 4.85. The molecule has 0 N–H and O–H groups in total. The van der Waals surface area contributed by atoms with Gasteiger partial charge in [0.2, 0.25) is 0 Å². The maximum atomic E-state index is 5.86. The summed E-state index contributed by atoms with van der Waals surface area (Å²) in [4.78, 5) is 5.86. The Bertz CT molecular complexity index is 825. The largest absolute Gasteiger partial charge is 0.445 e. The van der Waals surface area contributed by atoms with E-state index >= 15 is 0 Å². The normalized spacial score (nSPS) is 17.2. The van der Waals surface area contributed by atoms with Crippen molar-refractivity contribution in [2.45, 2.75) is 26.2 Å². The summed E-state index contributed by atoms with van der Waals surface area (Å²) in [6.45, 7) is 4.04. The first-order valence-corrected chi connectivity index (χ1v) is 8.37. The average Bonchev–Trinajstić information content (AvgIpc) is 3.15. The molecule has 2 nitrogen and oxygen atoms in total. The monoisotopic (exact) mass is 307 g/mol. The van der Waals surface area contributed by atoms with Crippen LogP contribution in [-0.4, -0.2) is 4.98 Å². The molecule has 0 radical (unpaired) electrons. The van der Waals surface area contributed by atoms with Gasteiger partial charge in [0.05, 0.1) is 0 Å². The number of fused-ring (bicyclic) bond motifs is 1. The summed E-state index contributed by atoms with van der Waals surface area (Å²) in [7, 11) is 0. The van der Waals surface area contributed by atoms with E-state index in [9.17, 15) is 0 Å². The van der Waals surface area contributed by atoms with Gasteiger partial charge >= 0.3 is 0 Å². The number of aryl methyl sites for hydroxylation is 2. The van der Waals surface area contributed by atoms with Crippen molar-refractivity contribution in [3.63, 3.8) is 0 Å². The highest BCUT2D eigenvalue weighted by atomic mass is 32.1. The molecule has 1 aromatic carbocycles. The molecule has 0 aliphatic heterocycles. The molecule has 2 aromatic heterocycles. The number of hydrogen-bond acceptors (Lipinski definition) is 3. The van der Waals surface area contributed by atoms with Gasteiger partial charge in [-0.15, -0.1) is 11.3 Å². The highest BCUT2D eigenvalue weighted by Gasteiger charge is 2.26. The van der Waals surface area contributed by atoms with Gasteiger partial charge in [-0.1, -0.05) is 42.0 Å². The fraction of sp³-hybridized carbons (Fsp3) is 0.211. The van der Waals surface area contributed by atoms with Crippen LogP contribution in [0.2, 0.25) is 0 Å². The number of aromatic nitrogens is 1. The molecule has 0 saturated heterocycles. The Balaban J connectivity index is 1.82. The van der Waals surface area contributed by atoms with Crippen LogP contribution >= 0.6 is 11.3 Å². The highest BCUT2D eigenvalue weighted by Crippen LogP contribution is 2.39. The average molecular weight is 307 g/mol. The molecule has 0 fully saturated rings. The summed E-state index contributed by atoms with van der Waals surface area (Å²) < 4.78 is 5.86. The van der Waals surface area contributed by atoms with Gasteiger partial charge in [0.1, 0.15) is 11.5 Å². The predicted octanol–water partition coefficient (Wildman–Crippen LogP) is 5.12. The molecular weight excluding hydrogens is 290 g/mol. The minimum Gasteiger partial charge on any atom is -0.445 e. The number of benzene rings is 1. The van der Waals surface area contributed by atoms with Crippen molar-refractivity contribution in [1.82, 2.24) is 4.98 Å². The number of allylic oxidation sites excluding steroid dienone is 1. The Hall–Kier alpha value is -2.13. The van der Waals surface area contributed by atoms with Gasteiger partial charge in [0.15, 0.2) is 5.89 Å². The van der Waals surface area contributed by atoms with Crippen molar-refractivity contribution in [1.29, 1.82) is 0 Å². The zero-order valence-electron chi connectivity index (χ0n) is 12.7. The lowest BCUT2D eigenvalue weighted by Crippen LogP contribution is -2.08. The smallest absolute Gasteiger partial charge is 0.191 e. The summed E-state index contributed by atoms with van der Waals surface area (Å²) in [6, 6.07) is 13.0. The molecule has 4 rings (SSSR count). The Morgan fingerprint density at radius 1 is 1.14 bits per heavy atom. The Morgan fingerprint density at radius 3 is 2.68 bits per heavy atom. The van der Waals surface area contributed by atoms with E-state index in [1.165, 1.54) is 21.6 Å². The molecular formula is C19H17NOS. The standard InChI is InChI=1S/C19H17NOS/c1-12-5-7-14(8-6-12)15-10-16(18-4-3-9-22-18)19-17(11-15)21-13(2)20-19/h3-10,15H,11H2,1-2H3. The first kappa shape index (κ1) is 13.5. The third kappa shape index (κ3) is 2.32. The minimum absolute atomic E-state index is 0.345. The first-order chi connectivity index (χ1) is 10.7. The zero-order valence-corrected chi connectivity index (χ0v) is 13.5. The molecule has 0 amide bonds. The van der Waals surface area contributed by atoms with Crippen LogP contribution in [0, 0.1) is 13.8 Å². The van der Waals surface area contributed by atoms with Crippen molar-refractivity contribution < 1.29 is 4.42 Å². The van der Waals surface area contributed by atoms with Crippen molar-refractivity contribution in [2.24, 2.45) is 0 Å². The second-order valence-corrected chi connectivity index (χ2v) is 6.73. The molecule has 0 spiro atoms. The number of oxazole rings is 1. The van der Waals surface area contributed by atoms with Crippen LogP contribution in [0.25, 0.3) is 5.57 Å². The molecule has 2 heterocycles. The van der Waals surface area contributed by atoms with Crippen molar-refractivity contribution in [3.8, 4) is 0 Å². The molecule has 22 heavy (non-hydrogen) atoms. The molecule has 110 valence electrons. The molecule has 1 unspecified atom stereocenters. The van der Waals surface area contributed by atoms with Crippen molar-refractivity contribution in [2.75, 3.05) is 0 Å². The van der Waals surface area contributed by atoms with Gasteiger partial charge in [-0.05, 0) is 23.9 Å². The summed E-state index contributed by atoms with van der Waals surface area (Å²) in [5, 5.41) is 2.11. The fourth-order valence-corrected chi connectivity index (χ4v) is 3.77. The Morgan fingerprint density at radius 2 is 1.95 bits per heavy atom. The van der Waals surface area contributed by atoms with Crippen molar-refractivity contribution >= 4 is 16.9 Å². The van der Waals surface area contributed by atoms with Gasteiger partial charge in [-0.3, -0.25) is 0 Å². The molecule has 3 aromatic rings. The van der Waals surface area contributed by atoms with E-state index in [1.807, 2.05) is 6.92 Å². The lowest BCUT2D eigenvalue weighted by Gasteiger charge is -2.19. The van der Waals surface area contributed by atoms with Crippen LogP contribution in [0.15, 0.2) is 52.3 Å². The van der Waals surface area contributed by atoms with Crippen molar-refractivity contribution in [3.05, 3.63) is 81.2 Å². The van der Waals surface area contributed by atoms with Gasteiger partial charge in [-0.25, -0.2) is 4.98 Å². The van der Waals surface area contributed by atoms with Gasteiger partial charge < -0.3 is 4.42 Å². The molecule has 1 atom stereocenters. The van der Waals surface area contributed by atoms with E-state index < -0.39 is 0 Å². The second kappa shape index (κ2) is 5.25. The van der Waals surface area contributed by atoms with E-state index in [2.05, 4.69) is 59.8 Å². The molecule has 1 aliphatic carbocycles. The van der Waals surface area contributed by atoms with E-state index in [4.69, 9.17) is 4.42 Å².